The summed E-state index contributed by atoms with van der Waals surface area (Å²) in [7, 11) is 3.02. The number of ether oxygens (including phenoxy) is 2. The summed E-state index contributed by atoms with van der Waals surface area (Å²) in [4.78, 5) is 12.1. The Kier molecular flexibility index (Phi) is 5.16. The van der Waals surface area contributed by atoms with E-state index >= 15 is 0 Å². The molecule has 6 heteroatoms. The van der Waals surface area contributed by atoms with Gasteiger partial charge in [-0.1, -0.05) is 6.07 Å². The molecule has 2 rings (SSSR count). The fourth-order valence-electron chi connectivity index (χ4n) is 2.24. The SMILES string of the molecule is COc1ccc(C(C)NC(=O)c2c(F)cccc2F)c(OC)c1. The van der Waals surface area contributed by atoms with Gasteiger partial charge in [-0.2, -0.15) is 0 Å². The van der Waals surface area contributed by atoms with Gasteiger partial charge in [0, 0.05) is 11.6 Å². The minimum absolute atomic E-state index is 0.506. The van der Waals surface area contributed by atoms with E-state index in [1.54, 1.807) is 25.1 Å². The molecule has 0 fully saturated rings. The maximum absolute atomic E-state index is 13.7. The largest absolute Gasteiger partial charge is 0.497 e. The molecular formula is C17H17F2NO3. The molecule has 4 nitrogen and oxygen atoms in total. The van der Waals surface area contributed by atoms with Gasteiger partial charge in [0.1, 0.15) is 28.7 Å². The first-order chi connectivity index (χ1) is 11.0. The minimum atomic E-state index is -0.906. The normalized spacial score (nSPS) is 11.7. The van der Waals surface area contributed by atoms with Crippen LogP contribution in [0.25, 0.3) is 0 Å². The zero-order chi connectivity index (χ0) is 17.0. The number of hydrogen-bond acceptors (Lipinski definition) is 3. The zero-order valence-corrected chi connectivity index (χ0v) is 13.0. The lowest BCUT2D eigenvalue weighted by molar-refractivity contribution is 0.0931. The summed E-state index contributed by atoms with van der Waals surface area (Å²) in [6.07, 6.45) is 0. The van der Waals surface area contributed by atoms with Gasteiger partial charge in [-0.25, -0.2) is 8.78 Å². The summed E-state index contributed by atoms with van der Waals surface area (Å²) in [6, 6.07) is 7.87. The van der Waals surface area contributed by atoms with E-state index in [1.165, 1.54) is 20.3 Å². The first-order valence-corrected chi connectivity index (χ1v) is 6.94. The third kappa shape index (κ3) is 3.59. The third-order valence-electron chi connectivity index (χ3n) is 3.44. The first-order valence-electron chi connectivity index (χ1n) is 6.94. The molecule has 1 atom stereocenters. The van der Waals surface area contributed by atoms with Crippen LogP contribution in [0.2, 0.25) is 0 Å². The molecule has 2 aromatic rings. The van der Waals surface area contributed by atoms with Gasteiger partial charge in [0.2, 0.25) is 0 Å². The maximum atomic E-state index is 13.7. The molecule has 0 aliphatic rings. The van der Waals surface area contributed by atoms with Gasteiger partial charge in [0.25, 0.3) is 5.91 Å². The Labute approximate surface area is 133 Å². The molecule has 1 amide bonds. The number of carbonyl (C=O) groups excluding carboxylic acids is 1. The van der Waals surface area contributed by atoms with E-state index < -0.39 is 29.1 Å². The molecule has 1 N–H and O–H groups in total. The molecular weight excluding hydrogens is 304 g/mol. The summed E-state index contributed by atoms with van der Waals surface area (Å²) < 4.78 is 37.7. The average molecular weight is 321 g/mol. The molecule has 0 bridgehead atoms. The molecule has 0 heterocycles. The Morgan fingerprint density at radius 2 is 1.74 bits per heavy atom. The summed E-state index contributed by atoms with van der Waals surface area (Å²) in [5, 5.41) is 2.57. The molecule has 0 saturated carbocycles. The van der Waals surface area contributed by atoms with Crippen LogP contribution in [0.3, 0.4) is 0 Å². The third-order valence-corrected chi connectivity index (χ3v) is 3.44. The topological polar surface area (TPSA) is 47.6 Å². The second-order valence-corrected chi connectivity index (χ2v) is 4.90. The highest BCUT2D eigenvalue weighted by atomic mass is 19.1. The van der Waals surface area contributed by atoms with E-state index in [0.717, 1.165) is 12.1 Å². The first kappa shape index (κ1) is 16.7. The van der Waals surface area contributed by atoms with Crippen molar-refractivity contribution in [2.24, 2.45) is 0 Å². The van der Waals surface area contributed by atoms with Crippen LogP contribution in [-0.2, 0) is 0 Å². The average Bonchev–Trinajstić information content (AvgIpc) is 2.53. The Morgan fingerprint density at radius 3 is 2.30 bits per heavy atom. The molecule has 0 spiro atoms. The molecule has 0 aliphatic carbocycles. The Morgan fingerprint density at radius 1 is 1.09 bits per heavy atom. The van der Waals surface area contributed by atoms with Crippen molar-refractivity contribution >= 4 is 5.91 Å². The van der Waals surface area contributed by atoms with Crippen LogP contribution in [0, 0.1) is 11.6 Å². The predicted molar refractivity (Wildman–Crippen MR) is 81.8 cm³/mol. The molecule has 0 aromatic heterocycles. The van der Waals surface area contributed by atoms with E-state index in [2.05, 4.69) is 5.32 Å². The number of benzene rings is 2. The lowest BCUT2D eigenvalue weighted by Crippen LogP contribution is -2.28. The number of carbonyl (C=O) groups is 1. The van der Waals surface area contributed by atoms with Gasteiger partial charge in [-0.3, -0.25) is 4.79 Å². The summed E-state index contributed by atoms with van der Waals surface area (Å²) >= 11 is 0. The maximum Gasteiger partial charge on any atom is 0.257 e. The van der Waals surface area contributed by atoms with Crippen molar-refractivity contribution in [3.8, 4) is 11.5 Å². The highest BCUT2D eigenvalue weighted by molar-refractivity contribution is 5.95. The number of halogens is 2. The van der Waals surface area contributed by atoms with Crippen molar-refractivity contribution in [2.45, 2.75) is 13.0 Å². The summed E-state index contributed by atoms with van der Waals surface area (Å²) in [6.45, 7) is 1.70. The Bertz CT molecular complexity index is 699. The van der Waals surface area contributed by atoms with Crippen LogP contribution in [0.5, 0.6) is 11.5 Å². The van der Waals surface area contributed by atoms with Gasteiger partial charge in [0.15, 0.2) is 0 Å². The van der Waals surface area contributed by atoms with Crippen molar-refractivity contribution in [3.63, 3.8) is 0 Å². The number of hydrogen-bond donors (Lipinski definition) is 1. The van der Waals surface area contributed by atoms with Crippen LogP contribution >= 0.6 is 0 Å². The van der Waals surface area contributed by atoms with Gasteiger partial charge in [-0.15, -0.1) is 0 Å². The van der Waals surface area contributed by atoms with Crippen LogP contribution < -0.4 is 14.8 Å². The van der Waals surface area contributed by atoms with Crippen LogP contribution in [0.4, 0.5) is 8.78 Å². The molecule has 0 saturated heterocycles. The van der Waals surface area contributed by atoms with Gasteiger partial charge in [-0.05, 0) is 31.2 Å². The molecule has 0 aliphatic heterocycles. The molecule has 1 unspecified atom stereocenters. The van der Waals surface area contributed by atoms with Crippen LogP contribution in [0.1, 0.15) is 28.9 Å². The number of amides is 1. The summed E-state index contributed by atoms with van der Waals surface area (Å²) in [5.41, 5.74) is 0.0604. The van der Waals surface area contributed by atoms with Crippen LogP contribution in [0.15, 0.2) is 36.4 Å². The molecule has 122 valence electrons. The van der Waals surface area contributed by atoms with E-state index in [-0.39, 0.29) is 0 Å². The molecule has 0 radical (unpaired) electrons. The van der Waals surface area contributed by atoms with Crippen molar-refractivity contribution in [1.29, 1.82) is 0 Å². The summed E-state index contributed by atoms with van der Waals surface area (Å²) in [5.74, 6) is -1.53. The van der Waals surface area contributed by atoms with Crippen LogP contribution in [-0.4, -0.2) is 20.1 Å². The Hall–Kier alpha value is -2.63. The zero-order valence-electron chi connectivity index (χ0n) is 13.0. The van der Waals surface area contributed by atoms with E-state index in [4.69, 9.17) is 9.47 Å². The highest BCUT2D eigenvalue weighted by Crippen LogP contribution is 2.29. The van der Waals surface area contributed by atoms with E-state index in [9.17, 15) is 13.6 Å². The second kappa shape index (κ2) is 7.09. The van der Waals surface area contributed by atoms with Crippen molar-refractivity contribution in [3.05, 3.63) is 59.2 Å². The Balaban J connectivity index is 2.25. The number of methoxy groups -OCH3 is 2. The van der Waals surface area contributed by atoms with Gasteiger partial charge < -0.3 is 14.8 Å². The highest BCUT2D eigenvalue weighted by Gasteiger charge is 2.21. The van der Waals surface area contributed by atoms with E-state index in [1.807, 2.05) is 0 Å². The smallest absolute Gasteiger partial charge is 0.257 e. The van der Waals surface area contributed by atoms with Gasteiger partial charge in [0.05, 0.1) is 20.3 Å². The predicted octanol–water partition coefficient (Wildman–Crippen LogP) is 3.47. The van der Waals surface area contributed by atoms with Crippen molar-refractivity contribution < 1.29 is 23.0 Å². The number of rotatable bonds is 5. The molecule has 2 aromatic carbocycles. The standard InChI is InChI=1S/C17H17F2NO3/c1-10(12-8-7-11(22-2)9-15(12)23-3)20-17(21)16-13(18)5-4-6-14(16)19/h4-10H,1-3H3,(H,20,21). The van der Waals surface area contributed by atoms with Gasteiger partial charge >= 0.3 is 0 Å². The van der Waals surface area contributed by atoms with Crippen molar-refractivity contribution in [1.82, 2.24) is 5.32 Å². The molecule has 23 heavy (non-hydrogen) atoms. The minimum Gasteiger partial charge on any atom is -0.497 e. The monoisotopic (exact) mass is 321 g/mol. The number of nitrogens with one attached hydrogen (secondary N) is 1. The fraction of sp³-hybridized carbons (Fsp3) is 0.235. The van der Waals surface area contributed by atoms with E-state index in [0.29, 0.717) is 17.1 Å². The quantitative estimate of drug-likeness (QED) is 0.917. The lowest BCUT2D eigenvalue weighted by Gasteiger charge is -2.18. The lowest BCUT2D eigenvalue weighted by atomic mass is 10.1. The van der Waals surface area contributed by atoms with Crippen molar-refractivity contribution in [2.75, 3.05) is 14.2 Å². The fourth-order valence-corrected chi connectivity index (χ4v) is 2.24. The second-order valence-electron chi connectivity index (χ2n) is 4.90.